The number of hydrogen-bond donors (Lipinski definition) is 2. The summed E-state index contributed by atoms with van der Waals surface area (Å²) in [5.74, 6) is 0.776. The SMILES string of the molecule is NCc1cc(OCC2(O)CCCCC2)ccc1Br. The maximum Gasteiger partial charge on any atom is 0.119 e. The number of aliphatic hydroxyl groups is 1. The maximum atomic E-state index is 10.4. The van der Waals surface area contributed by atoms with Crippen LogP contribution in [0, 0.1) is 0 Å². The van der Waals surface area contributed by atoms with Gasteiger partial charge in [0, 0.05) is 11.0 Å². The molecule has 0 unspecified atom stereocenters. The summed E-state index contributed by atoms with van der Waals surface area (Å²) in [6, 6.07) is 5.76. The normalized spacial score (nSPS) is 18.6. The van der Waals surface area contributed by atoms with Crippen molar-refractivity contribution < 1.29 is 9.84 Å². The molecule has 3 nitrogen and oxygen atoms in total. The lowest BCUT2D eigenvalue weighted by Crippen LogP contribution is -2.37. The molecule has 0 bridgehead atoms. The number of benzene rings is 1. The van der Waals surface area contributed by atoms with Gasteiger partial charge in [-0.3, -0.25) is 0 Å². The molecule has 1 aromatic rings. The van der Waals surface area contributed by atoms with Gasteiger partial charge in [0.25, 0.3) is 0 Å². The van der Waals surface area contributed by atoms with Crippen LogP contribution in [0.4, 0.5) is 0 Å². The molecule has 0 spiro atoms. The second-order valence-corrected chi connectivity index (χ2v) is 5.89. The first-order valence-electron chi connectivity index (χ1n) is 6.47. The van der Waals surface area contributed by atoms with Crippen LogP contribution in [0.2, 0.25) is 0 Å². The summed E-state index contributed by atoms with van der Waals surface area (Å²) in [6.07, 6.45) is 5.08. The van der Waals surface area contributed by atoms with E-state index in [-0.39, 0.29) is 0 Å². The fourth-order valence-electron chi connectivity index (χ4n) is 2.37. The molecular formula is C14H20BrNO2. The summed E-state index contributed by atoms with van der Waals surface area (Å²) >= 11 is 3.44. The Bertz CT molecular complexity index is 403. The molecule has 1 aliphatic rings. The van der Waals surface area contributed by atoms with E-state index < -0.39 is 5.60 Å². The summed E-state index contributed by atoms with van der Waals surface area (Å²) in [5.41, 5.74) is 6.02. The van der Waals surface area contributed by atoms with E-state index in [2.05, 4.69) is 15.9 Å². The second kappa shape index (κ2) is 6.04. The van der Waals surface area contributed by atoms with E-state index in [1.54, 1.807) is 0 Å². The van der Waals surface area contributed by atoms with Crippen LogP contribution in [0.1, 0.15) is 37.7 Å². The standard InChI is InChI=1S/C14H20BrNO2/c15-13-5-4-12(8-11(13)9-16)18-10-14(17)6-2-1-3-7-14/h4-5,8,17H,1-3,6-7,9-10,16H2. The molecule has 3 N–H and O–H groups in total. The average Bonchev–Trinajstić information content (AvgIpc) is 2.39. The first kappa shape index (κ1) is 13.8. The Balaban J connectivity index is 1.97. The van der Waals surface area contributed by atoms with Crippen molar-refractivity contribution in [3.8, 4) is 5.75 Å². The molecule has 1 saturated carbocycles. The summed E-state index contributed by atoms with van der Waals surface area (Å²) in [7, 11) is 0. The largest absolute Gasteiger partial charge is 0.491 e. The molecule has 4 heteroatoms. The minimum atomic E-state index is -0.645. The van der Waals surface area contributed by atoms with Crippen molar-refractivity contribution in [1.29, 1.82) is 0 Å². The van der Waals surface area contributed by atoms with E-state index in [1.165, 1.54) is 6.42 Å². The van der Waals surface area contributed by atoms with E-state index in [1.807, 2.05) is 18.2 Å². The van der Waals surface area contributed by atoms with Crippen molar-refractivity contribution in [2.75, 3.05) is 6.61 Å². The highest BCUT2D eigenvalue weighted by Crippen LogP contribution is 2.29. The predicted octanol–water partition coefficient (Wildman–Crippen LogP) is 2.98. The van der Waals surface area contributed by atoms with Gasteiger partial charge in [0.2, 0.25) is 0 Å². The lowest BCUT2D eigenvalue weighted by atomic mass is 9.85. The molecule has 100 valence electrons. The summed E-state index contributed by atoms with van der Waals surface area (Å²) in [6.45, 7) is 0.848. The Kier molecular flexibility index (Phi) is 4.65. The van der Waals surface area contributed by atoms with E-state index in [4.69, 9.17) is 10.5 Å². The number of nitrogens with two attached hydrogens (primary N) is 1. The van der Waals surface area contributed by atoms with Gasteiger partial charge in [-0.15, -0.1) is 0 Å². The second-order valence-electron chi connectivity index (χ2n) is 5.03. The molecule has 2 rings (SSSR count). The fraction of sp³-hybridized carbons (Fsp3) is 0.571. The molecule has 0 aromatic heterocycles. The van der Waals surface area contributed by atoms with Crippen molar-refractivity contribution in [2.45, 2.75) is 44.2 Å². The van der Waals surface area contributed by atoms with Crippen LogP contribution in [0.3, 0.4) is 0 Å². The fourth-order valence-corrected chi connectivity index (χ4v) is 2.78. The average molecular weight is 314 g/mol. The molecule has 0 aliphatic heterocycles. The van der Waals surface area contributed by atoms with Crippen molar-refractivity contribution >= 4 is 15.9 Å². The smallest absolute Gasteiger partial charge is 0.119 e. The molecule has 0 atom stereocenters. The first-order chi connectivity index (χ1) is 8.63. The van der Waals surface area contributed by atoms with Crippen LogP contribution in [-0.4, -0.2) is 17.3 Å². The van der Waals surface area contributed by atoms with Crippen LogP contribution in [0.15, 0.2) is 22.7 Å². The van der Waals surface area contributed by atoms with Gasteiger partial charge >= 0.3 is 0 Å². The molecule has 18 heavy (non-hydrogen) atoms. The zero-order chi connectivity index (χ0) is 13.0. The van der Waals surface area contributed by atoms with Crippen molar-refractivity contribution in [2.24, 2.45) is 5.73 Å². The van der Waals surface area contributed by atoms with E-state index >= 15 is 0 Å². The van der Waals surface area contributed by atoms with E-state index in [9.17, 15) is 5.11 Å². The third kappa shape index (κ3) is 3.46. The van der Waals surface area contributed by atoms with Crippen molar-refractivity contribution in [3.63, 3.8) is 0 Å². The van der Waals surface area contributed by atoms with Gasteiger partial charge in [-0.2, -0.15) is 0 Å². The monoisotopic (exact) mass is 313 g/mol. The molecular weight excluding hydrogens is 294 g/mol. The number of hydrogen-bond acceptors (Lipinski definition) is 3. The molecule has 1 aliphatic carbocycles. The van der Waals surface area contributed by atoms with Crippen LogP contribution >= 0.6 is 15.9 Å². The van der Waals surface area contributed by atoms with E-state index in [0.717, 1.165) is 41.5 Å². The summed E-state index contributed by atoms with van der Waals surface area (Å²) in [5, 5.41) is 10.4. The van der Waals surface area contributed by atoms with E-state index in [0.29, 0.717) is 13.2 Å². The third-order valence-corrected chi connectivity index (χ3v) is 4.30. The minimum absolute atomic E-state index is 0.374. The molecule has 0 heterocycles. The van der Waals surface area contributed by atoms with Crippen LogP contribution in [-0.2, 0) is 6.54 Å². The van der Waals surface area contributed by atoms with Crippen LogP contribution in [0.5, 0.6) is 5.75 Å². The van der Waals surface area contributed by atoms with Gasteiger partial charge in [-0.05, 0) is 36.6 Å². The zero-order valence-corrected chi connectivity index (χ0v) is 12.1. The van der Waals surface area contributed by atoms with Gasteiger partial charge in [-0.1, -0.05) is 35.2 Å². The Morgan fingerprint density at radius 3 is 2.67 bits per heavy atom. The number of ether oxygens (including phenoxy) is 1. The zero-order valence-electron chi connectivity index (χ0n) is 10.5. The first-order valence-corrected chi connectivity index (χ1v) is 7.26. The highest BCUT2D eigenvalue weighted by Gasteiger charge is 2.29. The van der Waals surface area contributed by atoms with Gasteiger partial charge in [0.05, 0.1) is 5.60 Å². The molecule has 1 aromatic carbocycles. The summed E-state index contributed by atoms with van der Waals surface area (Å²) < 4.78 is 6.71. The molecule has 1 fully saturated rings. The molecule has 0 saturated heterocycles. The molecule has 0 radical (unpaired) electrons. The predicted molar refractivity (Wildman–Crippen MR) is 75.6 cm³/mol. The molecule has 0 amide bonds. The van der Waals surface area contributed by atoms with Crippen molar-refractivity contribution in [3.05, 3.63) is 28.2 Å². The Morgan fingerprint density at radius 1 is 1.28 bits per heavy atom. The van der Waals surface area contributed by atoms with Gasteiger partial charge < -0.3 is 15.6 Å². The lowest BCUT2D eigenvalue weighted by molar-refractivity contribution is -0.0339. The van der Waals surface area contributed by atoms with Gasteiger partial charge in [0.15, 0.2) is 0 Å². The highest BCUT2D eigenvalue weighted by atomic mass is 79.9. The Hall–Kier alpha value is -0.580. The quantitative estimate of drug-likeness (QED) is 0.898. The van der Waals surface area contributed by atoms with Crippen molar-refractivity contribution in [1.82, 2.24) is 0 Å². The number of halogens is 1. The number of rotatable bonds is 4. The Labute approximate surface area is 116 Å². The minimum Gasteiger partial charge on any atom is -0.491 e. The Morgan fingerprint density at radius 2 is 2.00 bits per heavy atom. The maximum absolute atomic E-state index is 10.4. The topological polar surface area (TPSA) is 55.5 Å². The van der Waals surface area contributed by atoms with Gasteiger partial charge in [0.1, 0.15) is 12.4 Å². The highest BCUT2D eigenvalue weighted by molar-refractivity contribution is 9.10. The van der Waals surface area contributed by atoms with Crippen LogP contribution < -0.4 is 10.5 Å². The van der Waals surface area contributed by atoms with Gasteiger partial charge in [-0.25, -0.2) is 0 Å². The summed E-state index contributed by atoms with van der Waals surface area (Å²) in [4.78, 5) is 0. The third-order valence-electron chi connectivity index (χ3n) is 3.53. The lowest BCUT2D eigenvalue weighted by Gasteiger charge is -2.31. The van der Waals surface area contributed by atoms with Crippen LogP contribution in [0.25, 0.3) is 0 Å².